The van der Waals surface area contributed by atoms with Gasteiger partial charge in [-0.1, -0.05) is 6.92 Å². The topological polar surface area (TPSA) is 50.3 Å². The van der Waals surface area contributed by atoms with E-state index in [0.717, 1.165) is 50.1 Å². The van der Waals surface area contributed by atoms with Gasteiger partial charge in [0.05, 0.1) is 13.2 Å². The van der Waals surface area contributed by atoms with Crippen molar-refractivity contribution in [1.29, 1.82) is 0 Å². The van der Waals surface area contributed by atoms with Crippen LogP contribution in [-0.2, 0) is 11.2 Å². The molecule has 1 aromatic rings. The highest BCUT2D eigenvalue weighted by Gasteiger charge is 2.12. The number of hydrogen-bond acceptors (Lipinski definition) is 6. The van der Waals surface area contributed by atoms with Gasteiger partial charge in [-0.15, -0.1) is 0 Å². The van der Waals surface area contributed by atoms with E-state index in [1.165, 1.54) is 11.5 Å². The molecule has 6 heteroatoms. The maximum atomic E-state index is 5.27. The standard InChI is InChI=1S/C9H16N4OS/c1-2-3-8-10-9(15-12-8)11-13-4-6-14-7-5-13/h2-7H2,1H3,(H,10,11,12). The van der Waals surface area contributed by atoms with E-state index in [9.17, 15) is 0 Å². The Morgan fingerprint density at radius 1 is 1.47 bits per heavy atom. The summed E-state index contributed by atoms with van der Waals surface area (Å²) < 4.78 is 9.55. The van der Waals surface area contributed by atoms with Crippen LogP contribution in [0.4, 0.5) is 5.13 Å². The van der Waals surface area contributed by atoms with Crippen molar-refractivity contribution in [3.8, 4) is 0 Å². The molecule has 1 aliphatic heterocycles. The molecule has 1 saturated heterocycles. The SMILES string of the molecule is CCCc1nsc(NN2CCOCC2)n1. The number of morpholine rings is 1. The van der Waals surface area contributed by atoms with Crippen LogP contribution in [0.2, 0.25) is 0 Å². The largest absolute Gasteiger partial charge is 0.379 e. The van der Waals surface area contributed by atoms with Gasteiger partial charge in [-0.25, -0.2) is 9.99 Å². The van der Waals surface area contributed by atoms with E-state index >= 15 is 0 Å². The first-order valence-corrected chi connectivity index (χ1v) is 6.07. The van der Waals surface area contributed by atoms with Crippen LogP contribution in [0.25, 0.3) is 0 Å². The maximum Gasteiger partial charge on any atom is 0.217 e. The van der Waals surface area contributed by atoms with Crippen LogP contribution in [0.3, 0.4) is 0 Å². The summed E-state index contributed by atoms with van der Waals surface area (Å²) in [6.07, 6.45) is 2.05. The van der Waals surface area contributed by atoms with Crippen LogP contribution in [0, 0.1) is 0 Å². The normalized spacial score (nSPS) is 17.9. The molecule has 84 valence electrons. The molecule has 0 spiro atoms. The summed E-state index contributed by atoms with van der Waals surface area (Å²) in [4.78, 5) is 4.41. The number of nitrogens with one attached hydrogen (secondary N) is 1. The highest BCUT2D eigenvalue weighted by Crippen LogP contribution is 2.13. The number of ether oxygens (including phenoxy) is 1. The number of hydrazine groups is 1. The number of hydrogen-bond donors (Lipinski definition) is 1. The zero-order chi connectivity index (χ0) is 10.5. The minimum absolute atomic E-state index is 0.785. The summed E-state index contributed by atoms with van der Waals surface area (Å²) in [5.74, 6) is 0.943. The molecule has 2 rings (SSSR count). The second-order valence-corrected chi connectivity index (χ2v) is 4.23. The molecule has 5 nitrogen and oxygen atoms in total. The predicted molar refractivity (Wildman–Crippen MR) is 59.9 cm³/mol. The molecule has 15 heavy (non-hydrogen) atoms. The van der Waals surface area contributed by atoms with Gasteiger partial charge in [0, 0.05) is 31.0 Å². The summed E-state index contributed by atoms with van der Waals surface area (Å²) in [6, 6.07) is 0. The Kier molecular flexibility index (Phi) is 3.87. The Balaban J connectivity index is 1.86. The molecule has 1 N–H and O–H groups in total. The van der Waals surface area contributed by atoms with E-state index in [1.54, 1.807) is 0 Å². The fourth-order valence-electron chi connectivity index (χ4n) is 1.43. The average molecular weight is 228 g/mol. The molecule has 0 aromatic carbocycles. The van der Waals surface area contributed by atoms with E-state index < -0.39 is 0 Å². The first-order valence-electron chi connectivity index (χ1n) is 5.30. The number of rotatable bonds is 4. The van der Waals surface area contributed by atoms with Crippen molar-refractivity contribution in [3.63, 3.8) is 0 Å². The Labute approximate surface area is 93.6 Å². The monoisotopic (exact) mass is 228 g/mol. The minimum atomic E-state index is 0.785. The Morgan fingerprint density at radius 2 is 2.27 bits per heavy atom. The summed E-state index contributed by atoms with van der Waals surface area (Å²) in [7, 11) is 0. The lowest BCUT2D eigenvalue weighted by molar-refractivity contribution is 0.0497. The Morgan fingerprint density at radius 3 is 3.00 bits per heavy atom. The van der Waals surface area contributed by atoms with Gasteiger partial charge in [0.15, 0.2) is 0 Å². The van der Waals surface area contributed by atoms with Crippen LogP contribution in [0.15, 0.2) is 0 Å². The Hall–Kier alpha value is -0.720. The third-order valence-electron chi connectivity index (χ3n) is 2.21. The quantitative estimate of drug-likeness (QED) is 0.837. The van der Waals surface area contributed by atoms with Gasteiger partial charge in [-0.3, -0.25) is 5.43 Å². The highest BCUT2D eigenvalue weighted by molar-refractivity contribution is 7.09. The number of nitrogens with zero attached hydrogens (tertiary/aromatic N) is 3. The third-order valence-corrected chi connectivity index (χ3v) is 2.86. The fourth-order valence-corrected chi connectivity index (χ4v) is 2.08. The van der Waals surface area contributed by atoms with Crippen LogP contribution in [-0.4, -0.2) is 40.7 Å². The molecular formula is C9H16N4OS. The maximum absolute atomic E-state index is 5.27. The van der Waals surface area contributed by atoms with E-state index in [1.807, 2.05) is 0 Å². The summed E-state index contributed by atoms with van der Waals surface area (Å²) in [5, 5.41) is 3.01. The van der Waals surface area contributed by atoms with Gasteiger partial charge in [0.25, 0.3) is 0 Å². The van der Waals surface area contributed by atoms with Gasteiger partial charge < -0.3 is 4.74 Å². The zero-order valence-electron chi connectivity index (χ0n) is 8.90. The molecule has 1 fully saturated rings. The van der Waals surface area contributed by atoms with Crippen molar-refractivity contribution in [2.45, 2.75) is 19.8 Å². The van der Waals surface area contributed by atoms with Gasteiger partial charge >= 0.3 is 0 Å². The summed E-state index contributed by atoms with van der Waals surface area (Å²) in [6.45, 7) is 5.52. The number of aryl methyl sites for hydroxylation is 1. The van der Waals surface area contributed by atoms with E-state index in [2.05, 4.69) is 26.7 Å². The predicted octanol–water partition coefficient (Wildman–Crippen LogP) is 1.15. The molecule has 1 aromatic heterocycles. The molecule has 2 heterocycles. The molecule has 0 saturated carbocycles. The van der Waals surface area contributed by atoms with E-state index in [0.29, 0.717) is 0 Å². The van der Waals surface area contributed by atoms with Crippen LogP contribution < -0.4 is 5.43 Å². The first-order chi connectivity index (χ1) is 7.38. The van der Waals surface area contributed by atoms with Gasteiger partial charge in [0.2, 0.25) is 5.13 Å². The molecular weight excluding hydrogens is 212 g/mol. The van der Waals surface area contributed by atoms with E-state index in [-0.39, 0.29) is 0 Å². The zero-order valence-corrected chi connectivity index (χ0v) is 9.72. The van der Waals surface area contributed by atoms with Crippen LogP contribution in [0.1, 0.15) is 19.2 Å². The smallest absolute Gasteiger partial charge is 0.217 e. The summed E-state index contributed by atoms with van der Waals surface area (Å²) >= 11 is 1.43. The molecule has 0 radical (unpaired) electrons. The van der Waals surface area contributed by atoms with Gasteiger partial charge in [-0.05, 0) is 6.42 Å². The molecule has 0 atom stereocenters. The highest BCUT2D eigenvalue weighted by atomic mass is 32.1. The minimum Gasteiger partial charge on any atom is -0.379 e. The second kappa shape index (κ2) is 5.39. The lowest BCUT2D eigenvalue weighted by Crippen LogP contribution is -2.40. The van der Waals surface area contributed by atoms with Crippen molar-refractivity contribution < 1.29 is 4.74 Å². The van der Waals surface area contributed by atoms with Crippen molar-refractivity contribution in [2.24, 2.45) is 0 Å². The van der Waals surface area contributed by atoms with Gasteiger partial charge in [-0.2, -0.15) is 4.37 Å². The van der Waals surface area contributed by atoms with Crippen molar-refractivity contribution in [3.05, 3.63) is 5.82 Å². The lowest BCUT2D eigenvalue weighted by atomic mass is 10.3. The molecule has 0 bridgehead atoms. The molecule has 0 aliphatic carbocycles. The van der Waals surface area contributed by atoms with Crippen LogP contribution in [0.5, 0.6) is 0 Å². The molecule has 0 unspecified atom stereocenters. The van der Waals surface area contributed by atoms with Crippen molar-refractivity contribution in [2.75, 3.05) is 31.7 Å². The van der Waals surface area contributed by atoms with Crippen LogP contribution >= 0.6 is 11.5 Å². The summed E-state index contributed by atoms with van der Waals surface area (Å²) in [5.41, 5.74) is 3.26. The van der Waals surface area contributed by atoms with Crippen molar-refractivity contribution >= 4 is 16.7 Å². The Bertz CT molecular complexity index is 298. The second-order valence-electron chi connectivity index (χ2n) is 3.48. The fraction of sp³-hybridized carbons (Fsp3) is 0.778. The molecule has 0 amide bonds. The lowest BCUT2D eigenvalue weighted by Gasteiger charge is -2.26. The number of aromatic nitrogens is 2. The first kappa shape index (κ1) is 10.8. The number of anilines is 1. The van der Waals surface area contributed by atoms with Gasteiger partial charge in [0.1, 0.15) is 5.82 Å². The van der Waals surface area contributed by atoms with E-state index in [4.69, 9.17) is 4.74 Å². The average Bonchev–Trinajstić information content (AvgIpc) is 2.68. The van der Waals surface area contributed by atoms with Crippen molar-refractivity contribution in [1.82, 2.24) is 14.4 Å². The molecule has 1 aliphatic rings. The third kappa shape index (κ3) is 3.12.